The molecule has 0 bridgehead atoms. The number of likely N-dealkylation sites (tertiary alicyclic amines) is 1. The van der Waals surface area contributed by atoms with Gasteiger partial charge in [-0.05, 0) is 43.0 Å². The number of amides is 1. The molecule has 1 aliphatic heterocycles. The van der Waals surface area contributed by atoms with Crippen molar-refractivity contribution in [2.45, 2.75) is 38.6 Å². The lowest BCUT2D eigenvalue weighted by Gasteiger charge is -2.32. The minimum atomic E-state index is 0.0393. The van der Waals surface area contributed by atoms with E-state index in [4.69, 9.17) is 0 Å². The number of rotatable bonds is 5. The largest absolute Gasteiger partial charge is 0.373 e. The minimum Gasteiger partial charge on any atom is -0.373 e. The summed E-state index contributed by atoms with van der Waals surface area (Å²) in [5.74, 6) is 1.27. The van der Waals surface area contributed by atoms with Crippen molar-refractivity contribution in [2.75, 3.05) is 25.5 Å². The maximum atomic E-state index is 12.7. The summed E-state index contributed by atoms with van der Waals surface area (Å²) in [7, 11) is 1.87. The lowest BCUT2D eigenvalue weighted by Crippen LogP contribution is -2.39. The van der Waals surface area contributed by atoms with Crippen molar-refractivity contribution in [2.24, 2.45) is 0 Å². The van der Waals surface area contributed by atoms with Crippen molar-refractivity contribution in [3.8, 4) is 0 Å². The van der Waals surface area contributed by atoms with E-state index >= 15 is 0 Å². The molecule has 2 aromatic heterocycles. The number of pyridine rings is 1. The lowest BCUT2D eigenvalue weighted by molar-refractivity contribution is 0.0700. The highest BCUT2D eigenvalue weighted by molar-refractivity contribution is 5.92. The van der Waals surface area contributed by atoms with Crippen molar-refractivity contribution in [3.05, 3.63) is 41.9 Å². The molecule has 2 aromatic rings. The molecule has 1 aliphatic rings. The Labute approximate surface area is 142 Å². The number of hydrogen-bond acceptors (Lipinski definition) is 4. The fraction of sp³-hybridized carbons (Fsp3) is 0.500. The van der Waals surface area contributed by atoms with Gasteiger partial charge in [-0.2, -0.15) is 5.10 Å². The van der Waals surface area contributed by atoms with Crippen molar-refractivity contribution < 1.29 is 4.79 Å². The third kappa shape index (κ3) is 3.58. The first-order chi connectivity index (χ1) is 11.7. The predicted octanol–water partition coefficient (Wildman–Crippen LogP) is 2.75. The zero-order valence-electron chi connectivity index (χ0n) is 14.4. The van der Waals surface area contributed by atoms with Crippen LogP contribution in [-0.2, 0) is 6.54 Å². The Kier molecular flexibility index (Phi) is 5.13. The van der Waals surface area contributed by atoms with E-state index in [1.165, 1.54) is 5.56 Å². The zero-order valence-corrected chi connectivity index (χ0v) is 14.4. The first-order valence-electron chi connectivity index (χ1n) is 8.67. The van der Waals surface area contributed by atoms with Gasteiger partial charge in [0.25, 0.3) is 5.91 Å². The molecule has 1 atom stereocenters. The van der Waals surface area contributed by atoms with Gasteiger partial charge in [0.2, 0.25) is 0 Å². The smallest absolute Gasteiger partial charge is 0.274 e. The third-order valence-electron chi connectivity index (χ3n) is 4.53. The molecule has 0 aliphatic carbocycles. The van der Waals surface area contributed by atoms with Crippen molar-refractivity contribution in [1.29, 1.82) is 0 Å². The normalized spacial score (nSPS) is 17.8. The molecule has 1 unspecified atom stereocenters. The molecule has 6 nitrogen and oxygen atoms in total. The fourth-order valence-electron chi connectivity index (χ4n) is 3.26. The number of aromatic nitrogens is 3. The van der Waals surface area contributed by atoms with Gasteiger partial charge in [0, 0.05) is 45.0 Å². The van der Waals surface area contributed by atoms with Gasteiger partial charge in [-0.25, -0.2) is 4.98 Å². The summed E-state index contributed by atoms with van der Waals surface area (Å²) in [5.41, 5.74) is 1.79. The van der Waals surface area contributed by atoms with Gasteiger partial charge in [-0.3, -0.25) is 9.48 Å². The summed E-state index contributed by atoms with van der Waals surface area (Å²) in [6.45, 7) is 4.50. The van der Waals surface area contributed by atoms with Gasteiger partial charge < -0.3 is 10.2 Å². The van der Waals surface area contributed by atoms with Gasteiger partial charge >= 0.3 is 0 Å². The molecular weight excluding hydrogens is 302 g/mol. The van der Waals surface area contributed by atoms with Crippen LogP contribution in [0.15, 0.2) is 30.6 Å². The summed E-state index contributed by atoms with van der Waals surface area (Å²) in [5, 5.41) is 7.48. The highest BCUT2D eigenvalue weighted by atomic mass is 16.2. The van der Waals surface area contributed by atoms with E-state index < -0.39 is 0 Å². The summed E-state index contributed by atoms with van der Waals surface area (Å²) < 4.78 is 1.84. The van der Waals surface area contributed by atoms with Crippen molar-refractivity contribution in [3.63, 3.8) is 0 Å². The van der Waals surface area contributed by atoms with E-state index in [0.717, 1.165) is 44.7 Å². The third-order valence-corrected chi connectivity index (χ3v) is 4.53. The first-order valence-corrected chi connectivity index (χ1v) is 8.67. The Morgan fingerprint density at radius 2 is 2.29 bits per heavy atom. The highest BCUT2D eigenvalue weighted by Gasteiger charge is 2.26. The van der Waals surface area contributed by atoms with Crippen LogP contribution in [0.2, 0.25) is 0 Å². The van der Waals surface area contributed by atoms with Gasteiger partial charge in [-0.1, -0.05) is 6.92 Å². The topological polar surface area (TPSA) is 63.1 Å². The van der Waals surface area contributed by atoms with Crippen LogP contribution in [0.1, 0.15) is 48.2 Å². The van der Waals surface area contributed by atoms with E-state index in [0.29, 0.717) is 11.6 Å². The molecule has 24 heavy (non-hydrogen) atoms. The molecule has 0 spiro atoms. The van der Waals surface area contributed by atoms with E-state index in [-0.39, 0.29) is 5.91 Å². The quantitative estimate of drug-likeness (QED) is 0.917. The van der Waals surface area contributed by atoms with Crippen LogP contribution < -0.4 is 5.32 Å². The molecule has 3 heterocycles. The Balaban J connectivity index is 1.71. The summed E-state index contributed by atoms with van der Waals surface area (Å²) in [4.78, 5) is 18.9. The van der Waals surface area contributed by atoms with Crippen molar-refractivity contribution in [1.82, 2.24) is 19.7 Å². The van der Waals surface area contributed by atoms with E-state index in [2.05, 4.69) is 34.5 Å². The Hall–Kier alpha value is -2.37. The van der Waals surface area contributed by atoms with Crippen molar-refractivity contribution >= 4 is 11.7 Å². The van der Waals surface area contributed by atoms with Gasteiger partial charge in [0.05, 0.1) is 0 Å². The SMILES string of the molecule is CCCn1ccc(C(=O)N2CCCC(c3ccnc(NC)c3)C2)n1. The maximum Gasteiger partial charge on any atom is 0.274 e. The Morgan fingerprint density at radius 3 is 3.08 bits per heavy atom. The lowest BCUT2D eigenvalue weighted by atomic mass is 9.91. The van der Waals surface area contributed by atoms with Crippen LogP contribution in [0.3, 0.4) is 0 Å². The standard InChI is InChI=1S/C18H25N5O/c1-3-9-23-11-7-16(21-23)18(24)22-10-4-5-15(13-22)14-6-8-20-17(12-14)19-2/h6-8,11-12,15H,3-5,9-10,13H2,1-2H3,(H,19,20). The molecule has 0 aromatic carbocycles. The average molecular weight is 327 g/mol. The number of nitrogens with zero attached hydrogens (tertiary/aromatic N) is 4. The number of piperidine rings is 1. The molecule has 0 radical (unpaired) electrons. The van der Waals surface area contributed by atoms with Crippen LogP contribution >= 0.6 is 0 Å². The van der Waals surface area contributed by atoms with Crippen LogP contribution in [0, 0.1) is 0 Å². The highest BCUT2D eigenvalue weighted by Crippen LogP contribution is 2.28. The second kappa shape index (κ2) is 7.47. The van der Waals surface area contributed by atoms with E-state index in [1.807, 2.05) is 35.1 Å². The molecule has 0 saturated carbocycles. The molecule has 6 heteroatoms. The molecule has 3 rings (SSSR count). The fourth-order valence-corrected chi connectivity index (χ4v) is 3.26. The number of hydrogen-bond donors (Lipinski definition) is 1. The average Bonchev–Trinajstić information content (AvgIpc) is 3.10. The number of carbonyl (C=O) groups excluding carboxylic acids is 1. The predicted molar refractivity (Wildman–Crippen MR) is 94.2 cm³/mol. The summed E-state index contributed by atoms with van der Waals surface area (Å²) >= 11 is 0. The molecule has 1 saturated heterocycles. The Morgan fingerprint density at radius 1 is 1.42 bits per heavy atom. The minimum absolute atomic E-state index is 0.0393. The molecule has 1 fully saturated rings. The van der Waals surface area contributed by atoms with E-state index in [1.54, 1.807) is 0 Å². The first kappa shape index (κ1) is 16.5. The maximum absolute atomic E-state index is 12.7. The van der Waals surface area contributed by atoms with Gasteiger partial charge in [0.1, 0.15) is 11.5 Å². The summed E-state index contributed by atoms with van der Waals surface area (Å²) in [6.07, 6.45) is 6.84. The van der Waals surface area contributed by atoms with E-state index in [9.17, 15) is 4.79 Å². The number of nitrogens with one attached hydrogen (secondary N) is 1. The van der Waals surface area contributed by atoms with Gasteiger partial charge in [-0.15, -0.1) is 0 Å². The zero-order chi connectivity index (χ0) is 16.9. The van der Waals surface area contributed by atoms with Crippen LogP contribution in [0.4, 0.5) is 5.82 Å². The number of anilines is 1. The van der Waals surface area contributed by atoms with Crippen LogP contribution in [0.25, 0.3) is 0 Å². The molecule has 1 amide bonds. The van der Waals surface area contributed by atoms with Crippen LogP contribution in [0.5, 0.6) is 0 Å². The number of carbonyl (C=O) groups is 1. The molecular formula is C18H25N5O. The Bertz CT molecular complexity index is 696. The molecule has 128 valence electrons. The number of aryl methyl sites for hydroxylation is 1. The van der Waals surface area contributed by atoms with Crippen LogP contribution in [-0.4, -0.2) is 45.7 Å². The molecule has 1 N–H and O–H groups in total. The monoisotopic (exact) mass is 327 g/mol. The second-order valence-electron chi connectivity index (χ2n) is 6.28. The summed E-state index contributed by atoms with van der Waals surface area (Å²) in [6, 6.07) is 5.96. The second-order valence-corrected chi connectivity index (χ2v) is 6.28. The van der Waals surface area contributed by atoms with Gasteiger partial charge in [0.15, 0.2) is 0 Å².